The maximum Gasteiger partial charge on any atom is 0.333 e. The summed E-state index contributed by atoms with van der Waals surface area (Å²) in [5.74, 6) is -0.971. The lowest BCUT2D eigenvalue weighted by Gasteiger charge is -2.19. The highest BCUT2D eigenvalue weighted by atomic mass is 16.5. The fraction of sp³-hybridized carbons (Fsp3) is 0.440. The first-order valence-corrected chi connectivity index (χ1v) is 10.9. The zero-order valence-electron chi connectivity index (χ0n) is 18.8. The smallest absolute Gasteiger partial charge is 0.333 e. The van der Waals surface area contributed by atoms with Crippen LogP contribution in [0.1, 0.15) is 44.6 Å². The van der Waals surface area contributed by atoms with E-state index in [-0.39, 0.29) is 6.03 Å². The Bertz CT molecular complexity index is 836. The lowest BCUT2D eigenvalue weighted by Crippen LogP contribution is -2.37. The van der Waals surface area contributed by atoms with Gasteiger partial charge in [0.15, 0.2) is 6.10 Å². The molecule has 2 amide bonds. The number of benzene rings is 2. The number of nitrogens with one attached hydrogen (secondary N) is 1. The van der Waals surface area contributed by atoms with Crippen LogP contribution in [0, 0.1) is 0 Å². The third kappa shape index (κ3) is 7.72. The molecule has 0 aliphatic heterocycles. The number of hydrogen-bond donors (Lipinski definition) is 2. The first kappa shape index (κ1) is 24.4. The molecule has 0 aromatic heterocycles. The van der Waals surface area contributed by atoms with Crippen LogP contribution >= 0.6 is 0 Å². The number of aliphatic carboxylic acids is 1. The predicted octanol–water partition coefficient (Wildman–Crippen LogP) is 5.11. The molecule has 2 rings (SSSR count). The van der Waals surface area contributed by atoms with E-state index in [1.807, 2.05) is 48.5 Å². The van der Waals surface area contributed by atoms with E-state index in [0.717, 1.165) is 35.2 Å². The van der Waals surface area contributed by atoms with E-state index in [1.165, 1.54) is 26.4 Å². The van der Waals surface area contributed by atoms with Crippen molar-refractivity contribution in [3.05, 3.63) is 54.1 Å². The topological polar surface area (TPSA) is 78.9 Å². The van der Waals surface area contributed by atoms with Crippen LogP contribution in [0.5, 0.6) is 0 Å². The normalized spacial score (nSPS) is 11.7. The molecule has 2 N–H and O–H groups in total. The Morgan fingerprint density at radius 1 is 1.03 bits per heavy atom. The van der Waals surface area contributed by atoms with Gasteiger partial charge in [0.05, 0.1) is 0 Å². The van der Waals surface area contributed by atoms with Crippen molar-refractivity contribution in [3.8, 4) is 11.1 Å². The maximum atomic E-state index is 12.5. The molecule has 31 heavy (non-hydrogen) atoms. The molecule has 6 nitrogen and oxygen atoms in total. The van der Waals surface area contributed by atoms with E-state index in [0.29, 0.717) is 13.0 Å². The molecule has 6 heteroatoms. The molecular weight excluding hydrogens is 392 g/mol. The molecule has 1 unspecified atom stereocenters. The van der Waals surface area contributed by atoms with Gasteiger partial charge in [0.2, 0.25) is 0 Å². The van der Waals surface area contributed by atoms with Crippen LogP contribution in [-0.2, 0) is 16.0 Å². The van der Waals surface area contributed by atoms with Gasteiger partial charge in [-0.1, -0.05) is 69.0 Å². The number of rotatable bonds is 12. The number of unbranched alkanes of at least 4 members (excludes halogenated alkanes) is 4. The Balaban J connectivity index is 1.97. The van der Waals surface area contributed by atoms with Gasteiger partial charge in [0.25, 0.3) is 0 Å². The molecule has 0 aliphatic rings. The minimum Gasteiger partial charge on any atom is -0.479 e. The molecule has 0 saturated carbocycles. The number of urea groups is 1. The monoisotopic (exact) mass is 426 g/mol. The van der Waals surface area contributed by atoms with Crippen LogP contribution in [0.25, 0.3) is 11.1 Å². The Kier molecular flexibility index (Phi) is 10.0. The van der Waals surface area contributed by atoms with Crippen molar-refractivity contribution < 1.29 is 19.4 Å². The van der Waals surface area contributed by atoms with Gasteiger partial charge in [-0.05, 0) is 35.2 Å². The predicted molar refractivity (Wildman–Crippen MR) is 125 cm³/mol. The second kappa shape index (κ2) is 12.7. The van der Waals surface area contributed by atoms with E-state index in [2.05, 4.69) is 12.2 Å². The number of methoxy groups -OCH3 is 1. The number of anilines is 1. The van der Waals surface area contributed by atoms with Crippen molar-refractivity contribution in [1.82, 2.24) is 5.32 Å². The molecule has 0 bridgehead atoms. The number of nitrogens with zero attached hydrogens (tertiary/aromatic N) is 1. The van der Waals surface area contributed by atoms with Crippen molar-refractivity contribution in [2.45, 2.75) is 51.6 Å². The second-order valence-corrected chi connectivity index (χ2v) is 7.72. The third-order valence-corrected chi connectivity index (χ3v) is 5.36. The van der Waals surface area contributed by atoms with E-state index in [1.54, 1.807) is 11.9 Å². The summed E-state index contributed by atoms with van der Waals surface area (Å²) in [5, 5.41) is 12.1. The van der Waals surface area contributed by atoms with E-state index < -0.39 is 12.1 Å². The lowest BCUT2D eigenvalue weighted by atomic mass is 10.0. The van der Waals surface area contributed by atoms with Crippen LogP contribution in [0.4, 0.5) is 10.5 Å². The molecule has 2 aromatic rings. The molecule has 0 fully saturated rings. The molecule has 0 radical (unpaired) electrons. The van der Waals surface area contributed by atoms with Crippen molar-refractivity contribution in [3.63, 3.8) is 0 Å². The fourth-order valence-electron chi connectivity index (χ4n) is 3.37. The number of amides is 2. The minimum absolute atomic E-state index is 0.109. The summed E-state index contributed by atoms with van der Waals surface area (Å²) in [5.41, 5.74) is 3.70. The fourth-order valence-corrected chi connectivity index (χ4v) is 3.37. The molecular formula is C25H34N2O4. The average molecular weight is 427 g/mol. The van der Waals surface area contributed by atoms with E-state index >= 15 is 0 Å². The molecule has 0 aliphatic carbocycles. The Labute approximate surface area is 185 Å². The SMILES string of the molecule is CCCCCCCNC(=O)N(C)c1cccc(-c2ccc(CC(OC)C(=O)O)cc2)c1. The van der Waals surface area contributed by atoms with Crippen molar-refractivity contribution in [2.75, 3.05) is 25.6 Å². The first-order chi connectivity index (χ1) is 15.0. The van der Waals surface area contributed by atoms with Gasteiger partial charge < -0.3 is 15.2 Å². The van der Waals surface area contributed by atoms with Crippen molar-refractivity contribution >= 4 is 17.7 Å². The summed E-state index contributed by atoms with van der Waals surface area (Å²) in [6, 6.07) is 15.4. The Hall–Kier alpha value is -2.86. The van der Waals surface area contributed by atoms with Gasteiger partial charge in [0, 0.05) is 32.8 Å². The van der Waals surface area contributed by atoms with Gasteiger partial charge in [-0.3, -0.25) is 4.90 Å². The van der Waals surface area contributed by atoms with Crippen LogP contribution in [-0.4, -0.2) is 43.9 Å². The van der Waals surface area contributed by atoms with E-state index in [4.69, 9.17) is 9.84 Å². The number of carboxylic acid groups (broad SMARTS) is 1. The highest BCUT2D eigenvalue weighted by Gasteiger charge is 2.17. The lowest BCUT2D eigenvalue weighted by molar-refractivity contribution is -0.148. The van der Waals surface area contributed by atoms with Gasteiger partial charge in [0.1, 0.15) is 0 Å². The van der Waals surface area contributed by atoms with Crippen LogP contribution in [0.3, 0.4) is 0 Å². The van der Waals surface area contributed by atoms with Crippen LogP contribution in [0.15, 0.2) is 48.5 Å². The molecule has 0 heterocycles. The highest BCUT2D eigenvalue weighted by molar-refractivity contribution is 5.92. The quantitative estimate of drug-likeness (QED) is 0.462. The van der Waals surface area contributed by atoms with Gasteiger partial charge in [-0.25, -0.2) is 9.59 Å². The minimum atomic E-state index is -0.971. The number of hydrogen-bond acceptors (Lipinski definition) is 3. The summed E-state index contributed by atoms with van der Waals surface area (Å²) in [4.78, 5) is 25.2. The third-order valence-electron chi connectivity index (χ3n) is 5.36. The number of carbonyl (C=O) groups excluding carboxylic acids is 1. The highest BCUT2D eigenvalue weighted by Crippen LogP contribution is 2.25. The summed E-state index contributed by atoms with van der Waals surface area (Å²) < 4.78 is 5.00. The molecule has 0 saturated heterocycles. The standard InChI is InChI=1S/C25H34N2O4/c1-4-5-6-7-8-16-26-25(30)27(2)22-11-9-10-21(18-22)20-14-12-19(13-15-20)17-23(31-3)24(28)29/h9-15,18,23H,4-8,16-17H2,1-3H3,(H,26,30)(H,28,29). The summed E-state index contributed by atoms with van der Waals surface area (Å²) in [6.45, 7) is 2.88. The maximum absolute atomic E-state index is 12.5. The zero-order valence-corrected chi connectivity index (χ0v) is 18.8. The van der Waals surface area contributed by atoms with Crippen LogP contribution in [0.2, 0.25) is 0 Å². The number of carbonyl (C=O) groups is 2. The van der Waals surface area contributed by atoms with Crippen molar-refractivity contribution in [1.29, 1.82) is 0 Å². The second-order valence-electron chi connectivity index (χ2n) is 7.72. The number of carboxylic acids is 1. The van der Waals surface area contributed by atoms with Crippen LogP contribution < -0.4 is 10.2 Å². The number of ether oxygens (including phenoxy) is 1. The van der Waals surface area contributed by atoms with Gasteiger partial charge >= 0.3 is 12.0 Å². The largest absolute Gasteiger partial charge is 0.479 e. The molecule has 1 atom stereocenters. The Morgan fingerprint density at radius 3 is 2.39 bits per heavy atom. The summed E-state index contributed by atoms with van der Waals surface area (Å²) in [7, 11) is 3.17. The van der Waals surface area contributed by atoms with Crippen molar-refractivity contribution in [2.24, 2.45) is 0 Å². The molecule has 2 aromatic carbocycles. The first-order valence-electron chi connectivity index (χ1n) is 10.9. The summed E-state index contributed by atoms with van der Waals surface area (Å²) >= 11 is 0. The Morgan fingerprint density at radius 2 is 1.74 bits per heavy atom. The van der Waals surface area contributed by atoms with Gasteiger partial charge in [-0.15, -0.1) is 0 Å². The summed E-state index contributed by atoms with van der Waals surface area (Å²) in [6.07, 6.45) is 5.27. The van der Waals surface area contributed by atoms with Gasteiger partial charge in [-0.2, -0.15) is 0 Å². The van der Waals surface area contributed by atoms with E-state index in [9.17, 15) is 9.59 Å². The molecule has 168 valence electrons. The zero-order chi connectivity index (χ0) is 22.6. The molecule has 0 spiro atoms. The average Bonchev–Trinajstić information content (AvgIpc) is 2.79.